The Kier molecular flexibility index (Phi) is 12.2. The molecule has 1 unspecified atom stereocenters. The van der Waals surface area contributed by atoms with Crippen molar-refractivity contribution >= 4 is 17.5 Å². The van der Waals surface area contributed by atoms with Crippen LogP contribution in [0.1, 0.15) is 97.6 Å². The van der Waals surface area contributed by atoms with Crippen LogP contribution in [0.4, 0.5) is 23.2 Å². The third-order valence-corrected chi connectivity index (χ3v) is 6.38. The second-order valence-corrected chi connectivity index (χ2v) is 9.54. The molecule has 200 valence electrons. The van der Waals surface area contributed by atoms with Crippen LogP contribution < -0.4 is 5.32 Å². The van der Waals surface area contributed by atoms with E-state index in [9.17, 15) is 27.2 Å². The van der Waals surface area contributed by atoms with E-state index < -0.39 is 23.3 Å². The molecule has 1 saturated heterocycles. The Morgan fingerprint density at radius 1 is 1.03 bits per heavy atom. The zero-order valence-corrected chi connectivity index (χ0v) is 22.0. The van der Waals surface area contributed by atoms with Crippen molar-refractivity contribution < 1.29 is 27.2 Å². The van der Waals surface area contributed by atoms with Gasteiger partial charge in [0.1, 0.15) is 5.67 Å². The fraction of sp³-hybridized carbons (Fsp3) is 0.704. The van der Waals surface area contributed by atoms with Crippen molar-refractivity contribution in [2.24, 2.45) is 11.8 Å². The molecule has 2 rings (SSSR count). The molecule has 1 aromatic carbocycles. The number of nitrogens with one attached hydrogen (secondary N) is 1. The molecule has 0 radical (unpaired) electrons. The Morgan fingerprint density at radius 3 is 2.09 bits per heavy atom. The van der Waals surface area contributed by atoms with Crippen LogP contribution in [0.2, 0.25) is 0 Å². The summed E-state index contributed by atoms with van der Waals surface area (Å²) in [5, 5.41) is 2.51. The van der Waals surface area contributed by atoms with Gasteiger partial charge in [-0.2, -0.15) is 13.2 Å². The Morgan fingerprint density at radius 2 is 1.60 bits per heavy atom. The number of hydrogen-bond donors (Lipinski definition) is 1. The molecule has 35 heavy (non-hydrogen) atoms. The predicted molar refractivity (Wildman–Crippen MR) is 133 cm³/mol. The number of anilines is 1. The molecule has 1 atom stereocenters. The molecular formula is C27H42F4N2O2. The number of benzene rings is 1. The maximum absolute atomic E-state index is 14.3. The number of halogens is 4. The number of piperidine rings is 1. The summed E-state index contributed by atoms with van der Waals surface area (Å²) in [5.74, 6) is -0.136. The van der Waals surface area contributed by atoms with Crippen molar-refractivity contribution in [2.75, 3.05) is 18.4 Å². The highest BCUT2D eigenvalue weighted by Crippen LogP contribution is 2.36. The first-order valence-electron chi connectivity index (χ1n) is 12.8. The van der Waals surface area contributed by atoms with Crippen molar-refractivity contribution in [3.8, 4) is 0 Å². The fourth-order valence-electron chi connectivity index (χ4n) is 4.25. The maximum atomic E-state index is 14.3. The summed E-state index contributed by atoms with van der Waals surface area (Å²) in [6.07, 6.45) is 0.643. The van der Waals surface area contributed by atoms with Gasteiger partial charge in [0.05, 0.1) is 5.56 Å². The van der Waals surface area contributed by atoms with Crippen molar-refractivity contribution in [1.29, 1.82) is 0 Å². The molecule has 0 bridgehead atoms. The van der Waals surface area contributed by atoms with Crippen LogP contribution in [-0.4, -0.2) is 29.8 Å². The second kappa shape index (κ2) is 13.8. The normalized spacial score (nSPS) is 15.8. The minimum Gasteiger partial charge on any atom is -0.342 e. The topological polar surface area (TPSA) is 49.4 Å². The van der Waals surface area contributed by atoms with Gasteiger partial charge in [-0.3, -0.25) is 9.59 Å². The van der Waals surface area contributed by atoms with Gasteiger partial charge in [0, 0.05) is 31.1 Å². The molecule has 0 aliphatic carbocycles. The number of carbonyl (C=O) groups is 2. The van der Waals surface area contributed by atoms with Gasteiger partial charge in [0.15, 0.2) is 0 Å². The third kappa shape index (κ3) is 9.80. The Hall–Kier alpha value is -2.12. The first-order valence-corrected chi connectivity index (χ1v) is 12.8. The number of carbonyl (C=O) groups excluding carboxylic acids is 2. The van der Waals surface area contributed by atoms with Crippen molar-refractivity contribution in [1.82, 2.24) is 4.90 Å². The predicted octanol–water partition coefficient (Wildman–Crippen LogP) is 7.72. The fourth-order valence-corrected chi connectivity index (χ4v) is 4.25. The number of likely N-dealkylation sites (tertiary alicyclic amines) is 1. The van der Waals surface area contributed by atoms with Gasteiger partial charge in [-0.15, -0.1) is 0 Å². The van der Waals surface area contributed by atoms with Gasteiger partial charge in [-0.25, -0.2) is 4.39 Å². The zero-order valence-electron chi connectivity index (χ0n) is 22.0. The largest absolute Gasteiger partial charge is 0.416 e. The molecule has 2 amide bonds. The molecule has 4 nitrogen and oxygen atoms in total. The van der Waals surface area contributed by atoms with Gasteiger partial charge >= 0.3 is 6.18 Å². The van der Waals surface area contributed by atoms with Gasteiger partial charge in [-0.05, 0) is 69.2 Å². The molecular weight excluding hydrogens is 460 g/mol. The van der Waals surface area contributed by atoms with E-state index in [2.05, 4.69) is 12.2 Å². The highest BCUT2D eigenvalue weighted by atomic mass is 19.4. The van der Waals surface area contributed by atoms with Crippen molar-refractivity contribution in [3.05, 3.63) is 29.3 Å². The van der Waals surface area contributed by atoms with E-state index in [1.165, 1.54) is 19.9 Å². The Bertz CT molecular complexity index is 778. The summed E-state index contributed by atoms with van der Waals surface area (Å²) in [4.78, 5) is 27.2. The summed E-state index contributed by atoms with van der Waals surface area (Å²) >= 11 is 0. The first-order chi connectivity index (χ1) is 16.3. The first kappa shape index (κ1) is 30.9. The van der Waals surface area contributed by atoms with Crippen LogP contribution in [-0.2, 0) is 21.4 Å². The van der Waals surface area contributed by atoms with Gasteiger partial charge in [-0.1, -0.05) is 40.5 Å². The van der Waals surface area contributed by atoms with Gasteiger partial charge < -0.3 is 10.2 Å². The molecule has 1 aromatic rings. The molecule has 1 aliphatic heterocycles. The summed E-state index contributed by atoms with van der Waals surface area (Å²) in [6.45, 7) is 11.7. The lowest BCUT2D eigenvalue weighted by atomic mass is 9.91. The van der Waals surface area contributed by atoms with E-state index in [1.807, 2.05) is 25.7 Å². The van der Waals surface area contributed by atoms with E-state index in [0.717, 1.165) is 37.8 Å². The van der Waals surface area contributed by atoms with Crippen LogP contribution >= 0.6 is 0 Å². The summed E-state index contributed by atoms with van der Waals surface area (Å²) in [5.41, 5.74) is -3.19. The average Bonchev–Trinajstić information content (AvgIpc) is 2.80. The molecule has 8 heteroatoms. The lowest BCUT2D eigenvalue weighted by Gasteiger charge is -2.34. The van der Waals surface area contributed by atoms with Gasteiger partial charge in [0.25, 0.3) is 0 Å². The molecule has 1 aliphatic rings. The van der Waals surface area contributed by atoms with Crippen LogP contribution in [0, 0.1) is 11.8 Å². The zero-order chi connectivity index (χ0) is 26.8. The van der Waals surface area contributed by atoms with E-state index in [4.69, 9.17) is 0 Å². The average molecular weight is 503 g/mol. The molecule has 0 spiro atoms. The van der Waals surface area contributed by atoms with Crippen LogP contribution in [0.5, 0.6) is 0 Å². The molecule has 1 N–H and O–H groups in total. The minimum atomic E-state index is -4.65. The van der Waals surface area contributed by atoms with E-state index in [0.29, 0.717) is 25.9 Å². The Balaban J connectivity index is 0.00000298. The quantitative estimate of drug-likeness (QED) is 0.352. The molecule has 0 aromatic heterocycles. The van der Waals surface area contributed by atoms with E-state index in [-0.39, 0.29) is 35.4 Å². The summed E-state index contributed by atoms with van der Waals surface area (Å²) in [6, 6.07) is 2.84. The number of unbranched alkanes of at least 4 members (excludes halogenated alkanes) is 1. The van der Waals surface area contributed by atoms with Crippen LogP contribution in [0.3, 0.4) is 0 Å². The third-order valence-electron chi connectivity index (χ3n) is 6.38. The van der Waals surface area contributed by atoms with Crippen LogP contribution in [0.25, 0.3) is 0 Å². The maximum Gasteiger partial charge on any atom is 0.416 e. The highest BCUT2D eigenvalue weighted by molar-refractivity contribution is 5.91. The number of alkyl halides is 4. The smallest absolute Gasteiger partial charge is 0.342 e. The highest BCUT2D eigenvalue weighted by Gasteiger charge is 2.33. The lowest BCUT2D eigenvalue weighted by molar-refractivity contribution is -0.138. The van der Waals surface area contributed by atoms with Crippen molar-refractivity contribution in [3.63, 3.8) is 0 Å². The molecule has 1 heterocycles. The van der Waals surface area contributed by atoms with Gasteiger partial charge in [0.2, 0.25) is 11.8 Å². The standard InChI is InChI=1S/C25H36F4N2O2.C2H6/c1-5-7-8-18(6-2)23(33)31-11-9-17(10-12-31)13-22(32)30-21-15-19(24(3,4)26)14-20(16-21)25(27,28)29;1-2/h14-18H,5-13H2,1-4H3,(H,30,32);1-2H3. The van der Waals surface area contributed by atoms with E-state index >= 15 is 0 Å². The molecule has 0 saturated carbocycles. The number of amides is 2. The monoisotopic (exact) mass is 502 g/mol. The number of rotatable bonds is 9. The Labute approximate surface area is 207 Å². The summed E-state index contributed by atoms with van der Waals surface area (Å²) in [7, 11) is 0. The SMILES string of the molecule is CC.CCCCC(CC)C(=O)N1CCC(CC(=O)Nc2cc(C(C)(C)F)cc(C(F)(F)F)c2)CC1. The minimum absolute atomic E-state index is 0.0414. The molecule has 1 fully saturated rings. The van der Waals surface area contributed by atoms with E-state index in [1.54, 1.807) is 0 Å². The lowest BCUT2D eigenvalue weighted by Crippen LogP contribution is -2.42. The number of nitrogens with zero attached hydrogens (tertiary/aromatic N) is 1. The number of hydrogen-bond acceptors (Lipinski definition) is 2. The van der Waals surface area contributed by atoms with Crippen molar-refractivity contribution in [2.45, 2.75) is 98.3 Å². The second-order valence-electron chi connectivity index (χ2n) is 9.54. The summed E-state index contributed by atoms with van der Waals surface area (Å²) < 4.78 is 54.0. The van der Waals surface area contributed by atoms with Crippen LogP contribution in [0.15, 0.2) is 18.2 Å².